The van der Waals surface area contributed by atoms with E-state index in [1.54, 1.807) is 0 Å². The normalized spacial score (nSPS) is 35.9. The zero-order chi connectivity index (χ0) is 17.0. The Morgan fingerprint density at radius 3 is 1.86 bits per heavy atom. The van der Waals surface area contributed by atoms with Crippen molar-refractivity contribution in [1.82, 2.24) is 0 Å². The van der Waals surface area contributed by atoms with Crippen LogP contribution in [-0.2, 0) is 0 Å². The van der Waals surface area contributed by atoms with E-state index in [2.05, 4.69) is 0 Å². The molecule has 132 valence electrons. The van der Waals surface area contributed by atoms with Crippen molar-refractivity contribution >= 4 is 0 Å². The van der Waals surface area contributed by atoms with Gasteiger partial charge in [-0.15, -0.1) is 0 Å². The molecule has 0 aromatic heterocycles. The molecule has 1 aliphatic rings. The molecule has 0 aromatic rings. The first-order chi connectivity index (χ1) is 10.2. The van der Waals surface area contributed by atoms with Gasteiger partial charge in [-0.05, 0) is 18.8 Å². The largest absolute Gasteiger partial charge is 0.396 e. The fraction of sp³-hybridized carbons (Fsp3) is 1.00. The Balaban J connectivity index is 2.62. The second-order valence-electron chi connectivity index (χ2n) is 5.92. The van der Waals surface area contributed by atoms with Crippen molar-refractivity contribution < 1.29 is 46.0 Å². The lowest BCUT2D eigenvalue weighted by Gasteiger charge is -2.30. The second-order valence-corrected chi connectivity index (χ2v) is 5.92. The minimum absolute atomic E-state index is 0.119. The van der Waals surface area contributed by atoms with Crippen molar-refractivity contribution in [3.8, 4) is 0 Å². The fourth-order valence-corrected chi connectivity index (χ4v) is 2.93. The summed E-state index contributed by atoms with van der Waals surface area (Å²) in [6, 6.07) is 0. The third-order valence-corrected chi connectivity index (χ3v) is 4.41. The van der Waals surface area contributed by atoms with Crippen LogP contribution in [0.1, 0.15) is 12.8 Å². The molecule has 9 N–H and O–H groups in total. The summed E-state index contributed by atoms with van der Waals surface area (Å²) in [4.78, 5) is 0. The molecule has 1 aliphatic carbocycles. The molecule has 0 spiro atoms. The van der Waals surface area contributed by atoms with Crippen molar-refractivity contribution in [3.63, 3.8) is 0 Å². The van der Waals surface area contributed by atoms with Gasteiger partial charge in [-0.2, -0.15) is 0 Å². The standard InChI is InChI=1S/C13H26O9/c14-3-6-5(1-7(16)10(6)19)2-8(17)11(20)13(22)12(21)9(18)4-15/h5-22H,1-4H2/t5?,6-,7+,8+,9-,10+,11+,12-,13-/m0/s1. The van der Waals surface area contributed by atoms with E-state index in [4.69, 9.17) is 5.11 Å². The zero-order valence-corrected chi connectivity index (χ0v) is 12.0. The average molecular weight is 326 g/mol. The third-order valence-electron chi connectivity index (χ3n) is 4.41. The molecule has 0 amide bonds. The van der Waals surface area contributed by atoms with Gasteiger partial charge in [-0.25, -0.2) is 0 Å². The Bertz CT molecular complexity index is 329. The summed E-state index contributed by atoms with van der Waals surface area (Å²) in [5, 5.41) is 85.3. The van der Waals surface area contributed by atoms with Gasteiger partial charge in [0.25, 0.3) is 0 Å². The molecule has 9 heteroatoms. The van der Waals surface area contributed by atoms with Gasteiger partial charge in [-0.1, -0.05) is 0 Å². The Kier molecular flexibility index (Phi) is 7.59. The van der Waals surface area contributed by atoms with Crippen LogP contribution in [0.5, 0.6) is 0 Å². The summed E-state index contributed by atoms with van der Waals surface area (Å²) in [6.45, 7) is -1.23. The summed E-state index contributed by atoms with van der Waals surface area (Å²) < 4.78 is 0. The van der Waals surface area contributed by atoms with E-state index in [1.165, 1.54) is 0 Å². The molecule has 9 nitrogen and oxygen atoms in total. The van der Waals surface area contributed by atoms with Gasteiger partial charge in [0, 0.05) is 12.5 Å². The van der Waals surface area contributed by atoms with Crippen molar-refractivity contribution in [1.29, 1.82) is 0 Å². The Morgan fingerprint density at radius 2 is 1.36 bits per heavy atom. The molecule has 0 aromatic carbocycles. The second kappa shape index (κ2) is 8.48. The highest BCUT2D eigenvalue weighted by atomic mass is 16.4. The predicted octanol–water partition coefficient (Wildman–Crippen LogP) is -4.48. The first-order valence-electron chi connectivity index (χ1n) is 7.22. The third kappa shape index (κ3) is 4.34. The van der Waals surface area contributed by atoms with Crippen molar-refractivity contribution in [2.45, 2.75) is 55.6 Å². The van der Waals surface area contributed by atoms with Crippen LogP contribution in [0.3, 0.4) is 0 Å². The Morgan fingerprint density at radius 1 is 0.818 bits per heavy atom. The fourth-order valence-electron chi connectivity index (χ4n) is 2.93. The summed E-state index contributed by atoms with van der Waals surface area (Å²) in [5.74, 6) is -1.14. The highest BCUT2D eigenvalue weighted by Gasteiger charge is 2.43. The van der Waals surface area contributed by atoms with Crippen LogP contribution < -0.4 is 0 Å². The topological polar surface area (TPSA) is 182 Å². The van der Waals surface area contributed by atoms with Crippen LogP contribution in [0, 0.1) is 11.8 Å². The van der Waals surface area contributed by atoms with Crippen molar-refractivity contribution in [3.05, 3.63) is 0 Å². The van der Waals surface area contributed by atoms with E-state index in [0.29, 0.717) is 0 Å². The lowest BCUT2D eigenvalue weighted by atomic mass is 9.87. The first kappa shape index (κ1) is 19.7. The first-order valence-corrected chi connectivity index (χ1v) is 7.22. The zero-order valence-electron chi connectivity index (χ0n) is 12.0. The maximum atomic E-state index is 9.93. The van der Waals surface area contributed by atoms with Gasteiger partial charge < -0.3 is 46.0 Å². The molecule has 0 saturated heterocycles. The van der Waals surface area contributed by atoms with Gasteiger partial charge in [0.1, 0.15) is 24.4 Å². The number of hydrogen-bond donors (Lipinski definition) is 9. The van der Waals surface area contributed by atoms with E-state index in [-0.39, 0.29) is 12.8 Å². The Hall–Kier alpha value is -0.360. The van der Waals surface area contributed by atoms with Crippen LogP contribution in [-0.4, -0.2) is 102 Å². The number of aliphatic hydroxyl groups is 9. The van der Waals surface area contributed by atoms with Gasteiger partial charge >= 0.3 is 0 Å². The molecule has 1 fully saturated rings. The summed E-state index contributed by atoms with van der Waals surface area (Å²) in [5.41, 5.74) is 0. The van der Waals surface area contributed by atoms with Crippen LogP contribution in [0.2, 0.25) is 0 Å². The minimum Gasteiger partial charge on any atom is -0.396 e. The molecular weight excluding hydrogens is 300 g/mol. The maximum Gasteiger partial charge on any atom is 0.111 e. The van der Waals surface area contributed by atoms with E-state index < -0.39 is 67.8 Å². The SMILES string of the molecule is OC[C@H](O)[C@H](O)[C@@H](O)[C@H](O)[C@H](O)CC1C[C@@H](O)[C@H](O)[C@H]1CO. The predicted molar refractivity (Wildman–Crippen MR) is 72.4 cm³/mol. The lowest BCUT2D eigenvalue weighted by Crippen LogP contribution is -2.50. The molecule has 0 heterocycles. The van der Waals surface area contributed by atoms with E-state index in [0.717, 1.165) is 0 Å². The van der Waals surface area contributed by atoms with E-state index >= 15 is 0 Å². The van der Waals surface area contributed by atoms with Crippen LogP contribution in [0.15, 0.2) is 0 Å². The summed E-state index contributed by atoms with van der Waals surface area (Å²) in [6.07, 6.45) is -10.9. The summed E-state index contributed by atoms with van der Waals surface area (Å²) >= 11 is 0. The average Bonchev–Trinajstić information content (AvgIpc) is 2.77. The molecule has 1 unspecified atom stereocenters. The number of rotatable bonds is 8. The van der Waals surface area contributed by atoms with Gasteiger partial charge in [-0.3, -0.25) is 0 Å². The highest BCUT2D eigenvalue weighted by molar-refractivity contribution is 4.93. The maximum absolute atomic E-state index is 9.93. The molecule has 0 aliphatic heterocycles. The lowest BCUT2D eigenvalue weighted by molar-refractivity contribution is -0.143. The van der Waals surface area contributed by atoms with Crippen LogP contribution in [0.4, 0.5) is 0 Å². The Labute approximate surface area is 127 Å². The molecule has 0 bridgehead atoms. The van der Waals surface area contributed by atoms with Gasteiger partial charge in [0.15, 0.2) is 0 Å². The van der Waals surface area contributed by atoms with Crippen LogP contribution >= 0.6 is 0 Å². The van der Waals surface area contributed by atoms with Crippen molar-refractivity contribution in [2.24, 2.45) is 11.8 Å². The molecule has 1 saturated carbocycles. The minimum atomic E-state index is -1.89. The molecule has 22 heavy (non-hydrogen) atoms. The van der Waals surface area contributed by atoms with Crippen molar-refractivity contribution in [2.75, 3.05) is 13.2 Å². The smallest absolute Gasteiger partial charge is 0.111 e. The van der Waals surface area contributed by atoms with Gasteiger partial charge in [0.05, 0.1) is 24.9 Å². The monoisotopic (exact) mass is 326 g/mol. The van der Waals surface area contributed by atoms with E-state index in [1.807, 2.05) is 0 Å². The molecular formula is C13H26O9. The number of aliphatic hydroxyl groups excluding tert-OH is 9. The number of hydrogen-bond acceptors (Lipinski definition) is 9. The molecule has 9 atom stereocenters. The molecule has 1 rings (SSSR count). The molecule has 0 radical (unpaired) electrons. The van der Waals surface area contributed by atoms with Gasteiger partial charge in [0.2, 0.25) is 0 Å². The van der Waals surface area contributed by atoms with E-state index in [9.17, 15) is 40.9 Å². The highest BCUT2D eigenvalue weighted by Crippen LogP contribution is 2.36. The quantitative estimate of drug-likeness (QED) is 0.212. The van der Waals surface area contributed by atoms with Crippen LogP contribution in [0.25, 0.3) is 0 Å². The summed E-state index contributed by atoms with van der Waals surface area (Å²) in [7, 11) is 0.